The maximum atomic E-state index is 12.8. The van der Waals surface area contributed by atoms with Crippen LogP contribution in [0.25, 0.3) is 0 Å². The monoisotopic (exact) mass is 401 g/mol. The summed E-state index contributed by atoms with van der Waals surface area (Å²) in [6, 6.07) is 16.4. The molecule has 1 N–H and O–H groups in total. The van der Waals surface area contributed by atoms with Gasteiger partial charge in [-0.25, -0.2) is 8.42 Å². The van der Waals surface area contributed by atoms with Crippen molar-refractivity contribution in [3.05, 3.63) is 60.2 Å². The summed E-state index contributed by atoms with van der Waals surface area (Å²) in [5.41, 5.74) is 1.56. The zero-order valence-electron chi connectivity index (χ0n) is 16.3. The summed E-state index contributed by atoms with van der Waals surface area (Å²) in [6.45, 7) is 5.78. The van der Waals surface area contributed by atoms with Gasteiger partial charge in [0.25, 0.3) is 5.91 Å². The molecule has 3 rings (SSSR count). The van der Waals surface area contributed by atoms with E-state index < -0.39 is 10.0 Å². The first kappa shape index (κ1) is 20.4. The predicted molar refractivity (Wildman–Crippen MR) is 111 cm³/mol. The molecule has 1 amide bonds. The fourth-order valence-corrected chi connectivity index (χ4v) is 4.96. The molecular formula is C21H27N3O3S. The number of amides is 1. The van der Waals surface area contributed by atoms with Crippen LogP contribution < -0.4 is 5.32 Å². The highest BCUT2D eigenvalue weighted by atomic mass is 32.2. The highest BCUT2D eigenvalue weighted by Crippen LogP contribution is 2.20. The van der Waals surface area contributed by atoms with E-state index in [0.29, 0.717) is 31.7 Å². The number of nitrogens with zero attached hydrogens (tertiary/aromatic N) is 2. The van der Waals surface area contributed by atoms with E-state index in [1.54, 1.807) is 12.1 Å². The number of benzene rings is 2. The van der Waals surface area contributed by atoms with E-state index in [1.807, 2.05) is 49.1 Å². The van der Waals surface area contributed by atoms with Crippen LogP contribution in [0.3, 0.4) is 0 Å². The normalized spacial score (nSPS) is 17.1. The number of rotatable bonds is 7. The first-order valence-electron chi connectivity index (χ1n) is 9.66. The van der Waals surface area contributed by atoms with Crippen molar-refractivity contribution in [1.29, 1.82) is 0 Å². The largest absolute Gasteiger partial charge is 0.380 e. The van der Waals surface area contributed by atoms with Crippen molar-refractivity contribution >= 4 is 21.6 Å². The highest BCUT2D eigenvalue weighted by Gasteiger charge is 2.27. The molecule has 150 valence electrons. The fraction of sp³-hybridized carbons (Fsp3) is 0.381. The first-order chi connectivity index (χ1) is 13.5. The van der Waals surface area contributed by atoms with Gasteiger partial charge < -0.3 is 10.2 Å². The van der Waals surface area contributed by atoms with E-state index in [9.17, 15) is 13.2 Å². The lowest BCUT2D eigenvalue weighted by atomic mass is 10.2. The van der Waals surface area contributed by atoms with Gasteiger partial charge in [0.2, 0.25) is 10.0 Å². The highest BCUT2D eigenvalue weighted by molar-refractivity contribution is 7.89. The van der Waals surface area contributed by atoms with Gasteiger partial charge >= 0.3 is 0 Å². The Balaban J connectivity index is 1.65. The van der Waals surface area contributed by atoms with E-state index in [1.165, 1.54) is 16.4 Å². The third-order valence-electron chi connectivity index (χ3n) is 5.06. The van der Waals surface area contributed by atoms with Crippen LogP contribution in [0.5, 0.6) is 0 Å². The van der Waals surface area contributed by atoms with Gasteiger partial charge in [-0.05, 0) is 42.8 Å². The molecule has 28 heavy (non-hydrogen) atoms. The molecule has 0 aliphatic carbocycles. The molecule has 1 aliphatic rings. The van der Waals surface area contributed by atoms with Gasteiger partial charge in [-0.2, -0.15) is 4.31 Å². The Morgan fingerprint density at radius 3 is 2.32 bits per heavy atom. The summed E-state index contributed by atoms with van der Waals surface area (Å²) in [5.74, 6) is -0.0656. The molecule has 0 bridgehead atoms. The fourth-order valence-electron chi connectivity index (χ4n) is 3.50. The van der Waals surface area contributed by atoms with Gasteiger partial charge in [-0.1, -0.05) is 32.0 Å². The number of hydrogen-bond donors (Lipinski definition) is 1. The van der Waals surface area contributed by atoms with Crippen molar-refractivity contribution < 1.29 is 13.2 Å². The maximum Gasteiger partial charge on any atom is 0.253 e. The smallest absolute Gasteiger partial charge is 0.253 e. The molecule has 1 saturated heterocycles. The number of carbonyl (C=O) groups excluding carboxylic acids is 1. The van der Waals surface area contributed by atoms with Gasteiger partial charge in [0.15, 0.2) is 0 Å². The molecule has 0 saturated carbocycles. The molecule has 1 unspecified atom stereocenters. The van der Waals surface area contributed by atoms with Crippen LogP contribution in [-0.4, -0.2) is 55.8 Å². The Kier molecular flexibility index (Phi) is 6.36. The van der Waals surface area contributed by atoms with E-state index in [-0.39, 0.29) is 16.8 Å². The molecular weight excluding hydrogens is 374 g/mol. The van der Waals surface area contributed by atoms with Crippen molar-refractivity contribution in [3.63, 3.8) is 0 Å². The maximum absolute atomic E-state index is 12.8. The van der Waals surface area contributed by atoms with Gasteiger partial charge in [0.1, 0.15) is 0 Å². The number of likely N-dealkylation sites (tertiary alicyclic amines) is 1. The standard InChI is InChI=1S/C21H27N3O3S/c1-3-24(4-2)28(26,27)20-12-10-17(11-13-20)21(25)23-15-14-19(16-23)22-18-8-6-5-7-9-18/h5-13,19,22H,3-4,14-16H2,1-2H3. The Morgan fingerprint density at radius 2 is 1.71 bits per heavy atom. The summed E-state index contributed by atoms with van der Waals surface area (Å²) in [6.07, 6.45) is 0.884. The Hall–Kier alpha value is -2.38. The molecule has 2 aromatic rings. The SMILES string of the molecule is CCN(CC)S(=O)(=O)c1ccc(C(=O)N2CCC(Nc3ccccc3)C2)cc1. The quantitative estimate of drug-likeness (QED) is 0.774. The minimum Gasteiger partial charge on any atom is -0.380 e. The summed E-state index contributed by atoms with van der Waals surface area (Å²) < 4.78 is 26.5. The molecule has 0 radical (unpaired) electrons. The molecule has 1 heterocycles. The van der Waals surface area contributed by atoms with Crippen LogP contribution in [0, 0.1) is 0 Å². The summed E-state index contributed by atoms with van der Waals surface area (Å²) in [5, 5.41) is 3.45. The van der Waals surface area contributed by atoms with Gasteiger partial charge in [-0.3, -0.25) is 4.79 Å². The molecule has 0 spiro atoms. The summed E-state index contributed by atoms with van der Waals surface area (Å²) in [4.78, 5) is 14.8. The van der Waals surface area contributed by atoms with Crippen molar-refractivity contribution in [1.82, 2.24) is 9.21 Å². The third kappa shape index (κ3) is 4.36. The average Bonchev–Trinajstić information content (AvgIpc) is 3.17. The minimum atomic E-state index is -3.51. The molecule has 1 atom stereocenters. The van der Waals surface area contributed by atoms with Crippen LogP contribution in [0.2, 0.25) is 0 Å². The van der Waals surface area contributed by atoms with E-state index >= 15 is 0 Å². The number of hydrogen-bond acceptors (Lipinski definition) is 4. The molecule has 1 fully saturated rings. The van der Waals surface area contributed by atoms with Gasteiger partial charge in [0.05, 0.1) is 4.90 Å². The van der Waals surface area contributed by atoms with Crippen molar-refractivity contribution in [2.75, 3.05) is 31.5 Å². The topological polar surface area (TPSA) is 69.7 Å². The third-order valence-corrected chi connectivity index (χ3v) is 7.13. The van der Waals surface area contributed by atoms with Crippen molar-refractivity contribution in [2.24, 2.45) is 0 Å². The molecule has 1 aliphatic heterocycles. The van der Waals surface area contributed by atoms with Gasteiger partial charge in [0, 0.05) is 43.5 Å². The lowest BCUT2D eigenvalue weighted by molar-refractivity contribution is 0.0791. The van der Waals surface area contributed by atoms with Crippen LogP contribution in [0.15, 0.2) is 59.5 Å². The first-order valence-corrected chi connectivity index (χ1v) is 11.1. The van der Waals surface area contributed by atoms with Crippen LogP contribution in [0.1, 0.15) is 30.6 Å². The Bertz CT molecular complexity index is 894. The number of anilines is 1. The van der Waals surface area contributed by atoms with Crippen LogP contribution in [0.4, 0.5) is 5.69 Å². The number of sulfonamides is 1. The zero-order valence-corrected chi connectivity index (χ0v) is 17.2. The number of para-hydroxylation sites is 1. The molecule has 6 nitrogen and oxygen atoms in total. The van der Waals surface area contributed by atoms with Crippen molar-refractivity contribution in [2.45, 2.75) is 31.2 Å². The van der Waals surface area contributed by atoms with E-state index in [0.717, 1.165) is 12.1 Å². The second kappa shape index (κ2) is 8.75. The Labute approximate surface area is 167 Å². The molecule has 0 aromatic heterocycles. The van der Waals surface area contributed by atoms with Crippen LogP contribution >= 0.6 is 0 Å². The van der Waals surface area contributed by atoms with Crippen LogP contribution in [-0.2, 0) is 10.0 Å². The zero-order chi connectivity index (χ0) is 20.1. The number of nitrogens with one attached hydrogen (secondary N) is 1. The van der Waals surface area contributed by atoms with E-state index in [4.69, 9.17) is 0 Å². The minimum absolute atomic E-state index is 0.0656. The number of carbonyl (C=O) groups is 1. The van der Waals surface area contributed by atoms with Crippen molar-refractivity contribution in [3.8, 4) is 0 Å². The molecule has 2 aromatic carbocycles. The Morgan fingerprint density at radius 1 is 1.07 bits per heavy atom. The lowest BCUT2D eigenvalue weighted by Gasteiger charge is -2.19. The summed E-state index contributed by atoms with van der Waals surface area (Å²) >= 11 is 0. The predicted octanol–water partition coefficient (Wildman–Crippen LogP) is 3.04. The molecule has 7 heteroatoms. The van der Waals surface area contributed by atoms with E-state index in [2.05, 4.69) is 5.32 Å². The average molecular weight is 402 g/mol. The summed E-state index contributed by atoms with van der Waals surface area (Å²) in [7, 11) is -3.51. The second-order valence-electron chi connectivity index (χ2n) is 6.86. The second-order valence-corrected chi connectivity index (χ2v) is 8.80. The van der Waals surface area contributed by atoms with Gasteiger partial charge in [-0.15, -0.1) is 0 Å². The lowest BCUT2D eigenvalue weighted by Crippen LogP contribution is -2.32.